The van der Waals surface area contributed by atoms with Crippen molar-refractivity contribution in [1.82, 2.24) is 15.5 Å². The van der Waals surface area contributed by atoms with E-state index in [0.717, 1.165) is 19.6 Å². The molecule has 0 aromatic rings. The highest BCUT2D eigenvalue weighted by Crippen LogP contribution is 2.32. The van der Waals surface area contributed by atoms with Gasteiger partial charge in [-0.1, -0.05) is 0 Å². The lowest BCUT2D eigenvalue weighted by molar-refractivity contribution is 0.180. The summed E-state index contributed by atoms with van der Waals surface area (Å²) in [4.78, 5) is 14.1. The van der Waals surface area contributed by atoms with E-state index >= 15 is 0 Å². The normalized spacial score (nSPS) is 34.0. The van der Waals surface area contributed by atoms with Crippen LogP contribution in [0, 0.1) is 11.8 Å². The fourth-order valence-corrected chi connectivity index (χ4v) is 2.83. The van der Waals surface area contributed by atoms with E-state index in [-0.39, 0.29) is 11.6 Å². The number of hydrogen-bond donors (Lipinski definition) is 2. The van der Waals surface area contributed by atoms with Gasteiger partial charge < -0.3 is 15.5 Å². The van der Waals surface area contributed by atoms with Gasteiger partial charge >= 0.3 is 6.03 Å². The number of likely N-dealkylation sites (tertiary alicyclic amines) is 1. The number of carbonyl (C=O) groups is 1. The third kappa shape index (κ3) is 2.17. The Morgan fingerprint density at radius 2 is 2.06 bits per heavy atom. The van der Waals surface area contributed by atoms with Crippen LogP contribution in [0.2, 0.25) is 0 Å². The van der Waals surface area contributed by atoms with E-state index in [1.165, 1.54) is 0 Å². The fraction of sp³-hybridized carbons (Fsp3) is 0.917. The monoisotopic (exact) mass is 225 g/mol. The Morgan fingerprint density at radius 3 is 2.62 bits per heavy atom. The molecule has 0 radical (unpaired) electrons. The van der Waals surface area contributed by atoms with Gasteiger partial charge in [0.05, 0.1) is 0 Å². The average Bonchev–Trinajstić information content (AvgIpc) is 2.66. The predicted octanol–water partition coefficient (Wildman–Crippen LogP) is 1.03. The van der Waals surface area contributed by atoms with Gasteiger partial charge in [0.2, 0.25) is 0 Å². The molecule has 2 rings (SSSR count). The quantitative estimate of drug-likeness (QED) is 0.647. The number of hydrogen-bond acceptors (Lipinski definition) is 2. The minimum atomic E-state index is -0.146. The zero-order valence-corrected chi connectivity index (χ0v) is 10.7. The summed E-state index contributed by atoms with van der Waals surface area (Å²) in [6, 6.07) is 0.455. The molecule has 0 aliphatic carbocycles. The van der Waals surface area contributed by atoms with Crippen LogP contribution >= 0.6 is 0 Å². The van der Waals surface area contributed by atoms with Crippen LogP contribution in [-0.2, 0) is 0 Å². The second kappa shape index (κ2) is 3.91. The van der Waals surface area contributed by atoms with Gasteiger partial charge in [0.15, 0.2) is 0 Å². The average molecular weight is 225 g/mol. The van der Waals surface area contributed by atoms with E-state index in [2.05, 4.69) is 17.6 Å². The number of amides is 2. The number of urea groups is 1. The van der Waals surface area contributed by atoms with Crippen molar-refractivity contribution >= 4 is 6.03 Å². The maximum absolute atomic E-state index is 12.1. The Bertz CT molecular complexity index is 284. The van der Waals surface area contributed by atoms with Crippen LogP contribution in [0.1, 0.15) is 27.7 Å². The molecule has 2 N–H and O–H groups in total. The summed E-state index contributed by atoms with van der Waals surface area (Å²) < 4.78 is 0. The Labute approximate surface area is 97.8 Å². The molecule has 3 unspecified atom stereocenters. The van der Waals surface area contributed by atoms with Crippen molar-refractivity contribution in [2.45, 2.75) is 39.3 Å². The van der Waals surface area contributed by atoms with E-state index in [0.29, 0.717) is 17.9 Å². The van der Waals surface area contributed by atoms with Gasteiger partial charge in [-0.05, 0) is 39.5 Å². The first kappa shape index (κ1) is 11.7. The number of nitrogens with one attached hydrogen (secondary N) is 2. The molecule has 2 aliphatic rings. The van der Waals surface area contributed by atoms with Crippen molar-refractivity contribution < 1.29 is 4.79 Å². The molecule has 0 spiro atoms. The Hall–Kier alpha value is -0.770. The molecule has 0 bridgehead atoms. The van der Waals surface area contributed by atoms with E-state index in [4.69, 9.17) is 0 Å². The van der Waals surface area contributed by atoms with Crippen molar-refractivity contribution in [1.29, 1.82) is 0 Å². The SMILES string of the molecule is CC1C2CNCC2CN1C(=O)NC(C)(C)C. The molecule has 4 nitrogen and oxygen atoms in total. The summed E-state index contributed by atoms with van der Waals surface area (Å²) >= 11 is 0. The lowest BCUT2D eigenvalue weighted by Gasteiger charge is -2.29. The molecule has 2 heterocycles. The smallest absolute Gasteiger partial charge is 0.318 e. The lowest BCUT2D eigenvalue weighted by atomic mass is 9.95. The van der Waals surface area contributed by atoms with Crippen molar-refractivity contribution in [2.75, 3.05) is 19.6 Å². The van der Waals surface area contributed by atoms with E-state index in [9.17, 15) is 4.79 Å². The van der Waals surface area contributed by atoms with Gasteiger partial charge in [0, 0.05) is 31.2 Å². The Morgan fingerprint density at radius 1 is 1.38 bits per heavy atom. The van der Waals surface area contributed by atoms with Crippen molar-refractivity contribution in [3.05, 3.63) is 0 Å². The molecule has 4 heteroatoms. The van der Waals surface area contributed by atoms with Gasteiger partial charge in [-0.2, -0.15) is 0 Å². The molecule has 2 saturated heterocycles. The third-order valence-electron chi connectivity index (χ3n) is 3.68. The molecule has 2 fully saturated rings. The summed E-state index contributed by atoms with van der Waals surface area (Å²) in [5.74, 6) is 1.30. The summed E-state index contributed by atoms with van der Waals surface area (Å²) in [5.41, 5.74) is -0.146. The van der Waals surface area contributed by atoms with Gasteiger partial charge in [0.25, 0.3) is 0 Å². The Balaban J connectivity index is 1.99. The van der Waals surface area contributed by atoms with Crippen molar-refractivity contribution in [2.24, 2.45) is 11.8 Å². The molecular weight excluding hydrogens is 202 g/mol. The van der Waals surface area contributed by atoms with E-state index in [1.54, 1.807) is 0 Å². The summed E-state index contributed by atoms with van der Waals surface area (Å²) in [6.07, 6.45) is 0. The maximum Gasteiger partial charge on any atom is 0.318 e. The number of nitrogens with zero attached hydrogens (tertiary/aromatic N) is 1. The minimum Gasteiger partial charge on any atom is -0.333 e. The second-order valence-electron chi connectivity index (χ2n) is 6.16. The minimum absolute atomic E-state index is 0.0920. The third-order valence-corrected chi connectivity index (χ3v) is 3.68. The summed E-state index contributed by atoms with van der Waals surface area (Å²) in [6.45, 7) is 11.3. The maximum atomic E-state index is 12.1. The number of rotatable bonds is 0. The van der Waals surface area contributed by atoms with Gasteiger partial charge in [-0.25, -0.2) is 4.79 Å². The second-order valence-corrected chi connectivity index (χ2v) is 6.16. The van der Waals surface area contributed by atoms with Gasteiger partial charge in [-0.15, -0.1) is 0 Å². The molecule has 2 amide bonds. The van der Waals surface area contributed by atoms with Crippen LogP contribution < -0.4 is 10.6 Å². The van der Waals surface area contributed by atoms with Crippen LogP contribution in [-0.4, -0.2) is 42.1 Å². The fourth-order valence-electron chi connectivity index (χ4n) is 2.83. The van der Waals surface area contributed by atoms with E-state index in [1.807, 2.05) is 25.7 Å². The first-order valence-corrected chi connectivity index (χ1v) is 6.18. The van der Waals surface area contributed by atoms with Crippen molar-refractivity contribution in [3.63, 3.8) is 0 Å². The molecule has 0 aromatic carbocycles. The lowest BCUT2D eigenvalue weighted by Crippen LogP contribution is -2.50. The highest BCUT2D eigenvalue weighted by Gasteiger charge is 2.44. The molecular formula is C12H23N3O. The van der Waals surface area contributed by atoms with Crippen LogP contribution in [0.5, 0.6) is 0 Å². The molecule has 92 valence electrons. The summed E-state index contributed by atoms with van der Waals surface area (Å²) in [5, 5.41) is 6.45. The highest BCUT2D eigenvalue weighted by molar-refractivity contribution is 5.75. The Kier molecular flexibility index (Phi) is 2.86. The topological polar surface area (TPSA) is 44.4 Å². The number of carbonyl (C=O) groups excluding carboxylic acids is 1. The van der Waals surface area contributed by atoms with Gasteiger partial charge in [0.1, 0.15) is 0 Å². The van der Waals surface area contributed by atoms with E-state index < -0.39 is 0 Å². The standard InChI is InChI=1S/C12H23N3O/c1-8-10-6-13-5-9(10)7-15(8)11(16)14-12(2,3)4/h8-10,13H,5-7H2,1-4H3,(H,14,16). The molecule has 3 atom stereocenters. The molecule has 16 heavy (non-hydrogen) atoms. The van der Waals surface area contributed by atoms with Crippen LogP contribution in [0.3, 0.4) is 0 Å². The van der Waals surface area contributed by atoms with Crippen LogP contribution in [0.4, 0.5) is 4.79 Å². The highest BCUT2D eigenvalue weighted by atomic mass is 16.2. The molecule has 0 saturated carbocycles. The van der Waals surface area contributed by atoms with Crippen LogP contribution in [0.15, 0.2) is 0 Å². The zero-order valence-electron chi connectivity index (χ0n) is 10.7. The largest absolute Gasteiger partial charge is 0.333 e. The first-order valence-electron chi connectivity index (χ1n) is 6.18. The predicted molar refractivity (Wildman–Crippen MR) is 64.3 cm³/mol. The van der Waals surface area contributed by atoms with Crippen LogP contribution in [0.25, 0.3) is 0 Å². The zero-order chi connectivity index (χ0) is 11.9. The molecule has 0 aromatic heterocycles. The first-order chi connectivity index (χ1) is 7.38. The van der Waals surface area contributed by atoms with Crippen molar-refractivity contribution in [3.8, 4) is 0 Å². The molecule has 2 aliphatic heterocycles. The van der Waals surface area contributed by atoms with Gasteiger partial charge in [-0.3, -0.25) is 0 Å². The summed E-state index contributed by atoms with van der Waals surface area (Å²) in [7, 11) is 0. The number of fused-ring (bicyclic) bond motifs is 1.